The van der Waals surface area contributed by atoms with Crippen LogP contribution in [0.15, 0.2) is 48.6 Å². The van der Waals surface area contributed by atoms with Gasteiger partial charge in [-0.25, -0.2) is 4.68 Å². The normalized spacial score (nSPS) is 32.6. The van der Waals surface area contributed by atoms with Gasteiger partial charge in [0.05, 0.1) is 30.8 Å². The Morgan fingerprint density at radius 3 is 2.84 bits per heavy atom. The number of aliphatic hydroxyl groups is 1. The number of carbonyl (C=O) groups excluding carboxylic acids is 3. The number of carbonyl (C=O) groups is 3. The molecular formula is C26H29N5O6. The minimum Gasteiger partial charge on any atom is -0.465 e. The van der Waals surface area contributed by atoms with E-state index < -0.39 is 35.6 Å². The van der Waals surface area contributed by atoms with E-state index >= 15 is 0 Å². The Hall–Kier alpha value is -3.57. The van der Waals surface area contributed by atoms with Crippen molar-refractivity contribution in [2.45, 2.75) is 43.7 Å². The number of rotatable bonds is 4. The van der Waals surface area contributed by atoms with E-state index in [0.717, 1.165) is 24.8 Å². The van der Waals surface area contributed by atoms with Gasteiger partial charge >= 0.3 is 5.97 Å². The predicted molar refractivity (Wildman–Crippen MR) is 130 cm³/mol. The third-order valence-corrected chi connectivity index (χ3v) is 7.75. The van der Waals surface area contributed by atoms with E-state index in [9.17, 15) is 19.5 Å². The molecule has 2 fully saturated rings. The van der Waals surface area contributed by atoms with Crippen molar-refractivity contribution in [3.05, 3.63) is 48.6 Å². The number of ether oxygens (including phenoxy) is 2. The first-order valence-corrected chi connectivity index (χ1v) is 12.7. The zero-order valence-corrected chi connectivity index (χ0v) is 20.3. The molecule has 1 aromatic heterocycles. The van der Waals surface area contributed by atoms with E-state index in [0.29, 0.717) is 5.52 Å². The van der Waals surface area contributed by atoms with Gasteiger partial charge in [0.1, 0.15) is 29.7 Å². The maximum atomic E-state index is 14.1. The van der Waals surface area contributed by atoms with Crippen molar-refractivity contribution in [2.75, 3.05) is 26.3 Å². The maximum absolute atomic E-state index is 14.1. The van der Waals surface area contributed by atoms with Gasteiger partial charge in [-0.1, -0.05) is 41.7 Å². The van der Waals surface area contributed by atoms with Crippen LogP contribution in [0.25, 0.3) is 11.0 Å². The number of cyclic esters (lactones) is 1. The van der Waals surface area contributed by atoms with Crippen molar-refractivity contribution in [1.29, 1.82) is 0 Å². The molecule has 1 aromatic carbocycles. The van der Waals surface area contributed by atoms with Gasteiger partial charge < -0.3 is 24.4 Å². The van der Waals surface area contributed by atoms with Gasteiger partial charge in [-0.2, -0.15) is 0 Å². The Kier molecular flexibility index (Phi) is 6.04. The fraction of sp³-hybridized carbons (Fsp3) is 0.500. The van der Waals surface area contributed by atoms with Crippen LogP contribution in [0.3, 0.4) is 0 Å². The van der Waals surface area contributed by atoms with Gasteiger partial charge in [0, 0.05) is 13.1 Å². The molecule has 1 spiro atoms. The van der Waals surface area contributed by atoms with Gasteiger partial charge in [0.2, 0.25) is 5.91 Å². The highest BCUT2D eigenvalue weighted by Gasteiger charge is 2.71. The van der Waals surface area contributed by atoms with E-state index in [4.69, 9.17) is 9.47 Å². The number of β-amino-alcohol motifs (C(OH)–C–C–N with tert-alkyl or cyclic N) is 1. The van der Waals surface area contributed by atoms with Crippen LogP contribution in [0, 0.1) is 11.8 Å². The average Bonchev–Trinajstić information content (AvgIpc) is 3.48. The summed E-state index contributed by atoms with van der Waals surface area (Å²) in [5.41, 5.74) is 0.138. The summed E-state index contributed by atoms with van der Waals surface area (Å²) in [5, 5.41) is 18.2. The lowest BCUT2D eigenvalue weighted by Gasteiger charge is -2.35. The first kappa shape index (κ1) is 23.8. The molecule has 5 atom stereocenters. The summed E-state index contributed by atoms with van der Waals surface area (Å²) < 4.78 is 13.7. The molecule has 0 bridgehead atoms. The number of aliphatic hydroxyl groups excluding tert-OH is 1. The second kappa shape index (κ2) is 9.38. The average molecular weight is 508 g/mol. The molecule has 4 aliphatic rings. The number of esters is 1. The standard InChI is InChI=1S/C26H29N5O6/c32-14-13-30-22-24(34)29(16-31-18-9-5-4-8-17(18)27-28-31)12-7-11-26(22)21(23(30)33)20-19(37-26)10-3-1-2-6-15-36-25(20)35/h3-5,7-11,19-22,32H,1-2,6,12-16H2/b10-3-/t19-,20+,21+,22?,26+/m1/s1. The van der Waals surface area contributed by atoms with Gasteiger partial charge in [0.15, 0.2) is 0 Å². The van der Waals surface area contributed by atoms with Crippen LogP contribution in [-0.2, 0) is 30.5 Å². The topological polar surface area (TPSA) is 127 Å². The molecule has 1 unspecified atom stereocenters. The van der Waals surface area contributed by atoms with Gasteiger partial charge in [-0.05, 0) is 31.4 Å². The molecular weight excluding hydrogens is 478 g/mol. The third-order valence-electron chi connectivity index (χ3n) is 7.75. The minimum absolute atomic E-state index is 0.0486. The highest BCUT2D eigenvalue weighted by molar-refractivity contribution is 5.99. The Bertz CT molecular complexity index is 1290. The number of likely N-dealkylation sites (tertiary alicyclic amines) is 1. The fourth-order valence-electron chi connectivity index (χ4n) is 6.12. The number of allylic oxidation sites excluding steroid dienone is 1. The third kappa shape index (κ3) is 3.75. The summed E-state index contributed by atoms with van der Waals surface area (Å²) in [4.78, 5) is 44.1. The summed E-state index contributed by atoms with van der Waals surface area (Å²) in [6, 6.07) is 6.43. The molecule has 194 valence electrons. The Morgan fingerprint density at radius 2 is 1.97 bits per heavy atom. The largest absolute Gasteiger partial charge is 0.465 e. The molecule has 0 aliphatic carbocycles. The summed E-state index contributed by atoms with van der Waals surface area (Å²) in [6.45, 7) is 0.290. The molecule has 11 heteroatoms. The fourth-order valence-corrected chi connectivity index (χ4v) is 6.12. The van der Waals surface area contributed by atoms with E-state index in [1.165, 1.54) is 4.90 Å². The van der Waals surface area contributed by atoms with Crippen LogP contribution < -0.4 is 0 Å². The van der Waals surface area contributed by atoms with Crippen LogP contribution in [0.5, 0.6) is 0 Å². The number of hydrogen-bond acceptors (Lipinski definition) is 8. The minimum atomic E-state index is -1.35. The molecule has 6 rings (SSSR count). The predicted octanol–water partition coefficient (Wildman–Crippen LogP) is 0.644. The number of fused-ring (bicyclic) bond motifs is 3. The lowest BCUT2D eigenvalue weighted by molar-refractivity contribution is -0.155. The highest BCUT2D eigenvalue weighted by atomic mass is 16.6. The van der Waals surface area contributed by atoms with E-state index in [1.54, 1.807) is 15.7 Å². The molecule has 2 aromatic rings. The first-order chi connectivity index (χ1) is 18.0. The van der Waals surface area contributed by atoms with Crippen LogP contribution in [0.1, 0.15) is 19.3 Å². The van der Waals surface area contributed by atoms with Crippen molar-refractivity contribution in [1.82, 2.24) is 24.8 Å². The molecule has 2 amide bonds. The zero-order valence-electron chi connectivity index (χ0n) is 20.3. The van der Waals surface area contributed by atoms with Crippen LogP contribution in [0.2, 0.25) is 0 Å². The molecule has 5 heterocycles. The van der Waals surface area contributed by atoms with E-state index in [-0.39, 0.29) is 44.8 Å². The smallest absolute Gasteiger partial charge is 0.312 e. The molecule has 37 heavy (non-hydrogen) atoms. The summed E-state index contributed by atoms with van der Waals surface area (Å²) >= 11 is 0. The Balaban J connectivity index is 1.39. The molecule has 1 N–H and O–H groups in total. The lowest BCUT2D eigenvalue weighted by atomic mass is 9.78. The second-order valence-electron chi connectivity index (χ2n) is 9.87. The Morgan fingerprint density at radius 1 is 1.11 bits per heavy atom. The highest BCUT2D eigenvalue weighted by Crippen LogP contribution is 2.53. The number of amides is 2. The van der Waals surface area contributed by atoms with Crippen LogP contribution in [-0.4, -0.2) is 91.7 Å². The second-order valence-corrected chi connectivity index (χ2v) is 9.87. The number of para-hydroxylation sites is 1. The van der Waals surface area contributed by atoms with Gasteiger partial charge in [0.25, 0.3) is 5.91 Å². The maximum Gasteiger partial charge on any atom is 0.312 e. The molecule has 0 radical (unpaired) electrons. The van der Waals surface area contributed by atoms with Crippen molar-refractivity contribution in [2.24, 2.45) is 11.8 Å². The van der Waals surface area contributed by atoms with Crippen molar-refractivity contribution in [3.63, 3.8) is 0 Å². The van der Waals surface area contributed by atoms with Crippen LogP contribution >= 0.6 is 0 Å². The SMILES string of the molecule is O=C1OCCCC/C=C\[C@H]2O[C@]34C=CCN(Cn5nnc6ccccc65)C(=O)C3N(CCO)C(=O)[C@@H]4[C@@H]12. The zero-order chi connectivity index (χ0) is 25.6. The number of nitrogens with zero attached hydrogens (tertiary/aromatic N) is 5. The van der Waals surface area contributed by atoms with Gasteiger partial charge in [-0.15, -0.1) is 5.10 Å². The molecule has 0 saturated carbocycles. The number of hydrogen-bond donors (Lipinski definition) is 1. The summed E-state index contributed by atoms with van der Waals surface area (Å²) in [7, 11) is 0. The van der Waals surface area contributed by atoms with Crippen molar-refractivity contribution in [3.8, 4) is 0 Å². The van der Waals surface area contributed by atoms with Crippen LogP contribution in [0.4, 0.5) is 0 Å². The first-order valence-electron chi connectivity index (χ1n) is 12.7. The molecule has 11 nitrogen and oxygen atoms in total. The van der Waals surface area contributed by atoms with Crippen molar-refractivity contribution >= 4 is 28.8 Å². The number of aromatic nitrogens is 3. The quantitative estimate of drug-likeness (QED) is 0.472. The monoisotopic (exact) mass is 507 g/mol. The Labute approximate surface area is 213 Å². The van der Waals surface area contributed by atoms with Crippen molar-refractivity contribution < 1.29 is 29.0 Å². The van der Waals surface area contributed by atoms with Gasteiger partial charge in [-0.3, -0.25) is 14.4 Å². The molecule has 4 aliphatic heterocycles. The van der Waals surface area contributed by atoms with E-state index in [1.807, 2.05) is 42.5 Å². The van der Waals surface area contributed by atoms with E-state index in [2.05, 4.69) is 10.3 Å². The number of benzene rings is 1. The summed E-state index contributed by atoms with van der Waals surface area (Å²) in [6.07, 6.45) is 9.12. The summed E-state index contributed by atoms with van der Waals surface area (Å²) in [5.74, 6) is -3.03. The molecule has 2 saturated heterocycles. The lowest BCUT2D eigenvalue weighted by Crippen LogP contribution is -2.55.